The summed E-state index contributed by atoms with van der Waals surface area (Å²) in [4.78, 5) is 19.2. The summed E-state index contributed by atoms with van der Waals surface area (Å²) in [5, 5.41) is 24.3. The van der Waals surface area contributed by atoms with Crippen molar-refractivity contribution in [2.24, 2.45) is 5.92 Å². The lowest BCUT2D eigenvalue weighted by Crippen LogP contribution is -2.40. The maximum absolute atomic E-state index is 12.5. The van der Waals surface area contributed by atoms with Crippen LogP contribution in [0.2, 0.25) is 0 Å². The van der Waals surface area contributed by atoms with Crippen molar-refractivity contribution in [3.8, 4) is 0 Å². The Labute approximate surface area is 216 Å². The van der Waals surface area contributed by atoms with E-state index in [4.69, 9.17) is 9.72 Å². The standard InChI is InChI=1S/C27H35N7O3/c1-2-37-27(36)33-16-11-20(12-17-33)23-4-3-15-34-24(23)31-26(32-34)30-22-7-5-21(6-8-22)25(35)29-18-19-9-13-28-14-10-19/h3-8,11,15,19,27-28,36H,2,9-10,12-14,16-18H2,1H3,(H,29,35)(H,30,32). The molecule has 0 aliphatic carbocycles. The van der Waals surface area contributed by atoms with Crippen molar-refractivity contribution >= 4 is 28.8 Å². The average molecular weight is 506 g/mol. The molecule has 2 aliphatic heterocycles. The molecule has 1 aromatic carbocycles. The van der Waals surface area contributed by atoms with E-state index in [1.165, 1.54) is 5.57 Å². The molecule has 196 valence electrons. The highest BCUT2D eigenvalue weighted by Crippen LogP contribution is 2.27. The number of carbonyl (C=O) groups excluding carboxylic acids is 1. The Bertz CT molecular complexity index is 1230. The molecule has 10 heteroatoms. The number of nitrogens with zero attached hydrogens (tertiary/aromatic N) is 4. The molecule has 3 aromatic rings. The largest absolute Gasteiger partial charge is 0.356 e. The molecule has 1 amide bonds. The molecule has 2 aromatic heterocycles. The van der Waals surface area contributed by atoms with E-state index in [0.29, 0.717) is 37.1 Å². The molecule has 0 saturated carbocycles. The first kappa shape index (κ1) is 25.3. The van der Waals surface area contributed by atoms with Gasteiger partial charge in [-0.15, -0.1) is 5.10 Å². The lowest BCUT2D eigenvalue weighted by atomic mass is 9.98. The molecule has 10 nitrogen and oxygen atoms in total. The van der Waals surface area contributed by atoms with Gasteiger partial charge in [0.05, 0.1) is 0 Å². The normalized spacial score (nSPS) is 17.9. The zero-order valence-electron chi connectivity index (χ0n) is 21.2. The Morgan fingerprint density at radius 3 is 2.78 bits per heavy atom. The van der Waals surface area contributed by atoms with E-state index in [9.17, 15) is 9.90 Å². The number of aromatic nitrogens is 3. The Morgan fingerprint density at radius 1 is 1.24 bits per heavy atom. The summed E-state index contributed by atoms with van der Waals surface area (Å²) in [5.41, 5.74) is 4.41. The topological polar surface area (TPSA) is 116 Å². The van der Waals surface area contributed by atoms with Crippen molar-refractivity contribution in [1.82, 2.24) is 30.1 Å². The number of hydrogen-bond acceptors (Lipinski definition) is 8. The number of nitrogens with one attached hydrogen (secondary N) is 3. The Hall–Kier alpha value is -3.31. The second kappa shape index (κ2) is 11.8. The maximum atomic E-state index is 12.5. The van der Waals surface area contributed by atoms with Gasteiger partial charge in [-0.1, -0.05) is 6.08 Å². The first-order chi connectivity index (χ1) is 18.1. The van der Waals surface area contributed by atoms with Gasteiger partial charge in [0.25, 0.3) is 5.91 Å². The van der Waals surface area contributed by atoms with Gasteiger partial charge in [0.15, 0.2) is 5.65 Å². The number of aliphatic hydroxyl groups excluding tert-OH is 1. The highest BCUT2D eigenvalue weighted by molar-refractivity contribution is 5.94. The number of carbonyl (C=O) groups is 1. The summed E-state index contributed by atoms with van der Waals surface area (Å²) in [6, 6.07) is 11.4. The average Bonchev–Trinajstić information content (AvgIpc) is 3.35. The van der Waals surface area contributed by atoms with Crippen LogP contribution in [0.3, 0.4) is 0 Å². The number of amides is 1. The van der Waals surface area contributed by atoms with Crippen molar-refractivity contribution in [2.45, 2.75) is 32.6 Å². The van der Waals surface area contributed by atoms with E-state index in [-0.39, 0.29) is 5.91 Å². The number of hydrogen-bond donors (Lipinski definition) is 4. The highest BCUT2D eigenvalue weighted by Gasteiger charge is 2.21. The van der Waals surface area contributed by atoms with Crippen LogP contribution in [-0.2, 0) is 4.74 Å². The fourth-order valence-electron chi connectivity index (χ4n) is 4.85. The fraction of sp³-hybridized carbons (Fsp3) is 0.444. The minimum atomic E-state index is -0.880. The number of ether oxygens (including phenoxy) is 1. The van der Waals surface area contributed by atoms with Gasteiger partial charge in [-0.05, 0) is 87.2 Å². The summed E-state index contributed by atoms with van der Waals surface area (Å²) in [5.74, 6) is 0.983. The van der Waals surface area contributed by atoms with E-state index in [2.05, 4.69) is 27.1 Å². The zero-order valence-corrected chi connectivity index (χ0v) is 21.2. The van der Waals surface area contributed by atoms with E-state index in [1.54, 1.807) is 4.52 Å². The number of fused-ring (bicyclic) bond motifs is 1. The minimum Gasteiger partial charge on any atom is -0.356 e. The predicted octanol–water partition coefficient (Wildman–Crippen LogP) is 2.60. The molecule has 0 radical (unpaired) electrons. The molecule has 1 saturated heterocycles. The summed E-state index contributed by atoms with van der Waals surface area (Å²) < 4.78 is 7.07. The third-order valence-corrected chi connectivity index (χ3v) is 6.99. The molecule has 1 fully saturated rings. The van der Waals surface area contributed by atoms with Crippen LogP contribution >= 0.6 is 0 Å². The Balaban J connectivity index is 1.23. The first-order valence-corrected chi connectivity index (χ1v) is 13.0. The van der Waals surface area contributed by atoms with E-state index >= 15 is 0 Å². The molecule has 0 spiro atoms. The van der Waals surface area contributed by atoms with Crippen LogP contribution in [0, 0.1) is 5.92 Å². The summed E-state index contributed by atoms with van der Waals surface area (Å²) in [6.07, 6.45) is 6.09. The Morgan fingerprint density at radius 2 is 2.05 bits per heavy atom. The molecule has 37 heavy (non-hydrogen) atoms. The number of rotatable bonds is 9. The molecular weight excluding hydrogens is 470 g/mol. The smallest absolute Gasteiger partial charge is 0.251 e. The minimum absolute atomic E-state index is 0.0475. The zero-order chi connectivity index (χ0) is 25.6. The first-order valence-electron chi connectivity index (χ1n) is 13.0. The van der Waals surface area contributed by atoms with Crippen molar-refractivity contribution < 1.29 is 14.6 Å². The van der Waals surface area contributed by atoms with Gasteiger partial charge in [-0.3, -0.25) is 9.69 Å². The SMILES string of the molecule is CCOC(O)N1CC=C(c2cccn3nc(Nc4ccc(C(=O)NCC5CCNCC5)cc4)nc23)CC1. The van der Waals surface area contributed by atoms with Crippen LogP contribution in [0.4, 0.5) is 11.6 Å². The second-order valence-electron chi connectivity index (χ2n) is 9.49. The molecule has 1 unspecified atom stereocenters. The van der Waals surface area contributed by atoms with Crippen LogP contribution in [0.15, 0.2) is 48.7 Å². The van der Waals surface area contributed by atoms with Gasteiger partial charge in [0.2, 0.25) is 12.4 Å². The molecule has 5 rings (SSSR count). The van der Waals surface area contributed by atoms with Gasteiger partial charge in [0, 0.05) is 49.3 Å². The maximum Gasteiger partial charge on any atom is 0.251 e. The van der Waals surface area contributed by atoms with Crippen LogP contribution in [-0.4, -0.2) is 76.3 Å². The lowest BCUT2D eigenvalue weighted by Gasteiger charge is -2.30. The lowest BCUT2D eigenvalue weighted by molar-refractivity contribution is -0.187. The number of aliphatic hydroxyl groups is 1. The van der Waals surface area contributed by atoms with Crippen molar-refractivity contribution in [2.75, 3.05) is 44.6 Å². The van der Waals surface area contributed by atoms with Crippen LogP contribution in [0.25, 0.3) is 11.2 Å². The molecule has 0 bridgehead atoms. The van der Waals surface area contributed by atoms with Gasteiger partial charge >= 0.3 is 0 Å². The Kier molecular flexibility index (Phi) is 8.10. The summed E-state index contributed by atoms with van der Waals surface area (Å²) in [7, 11) is 0. The van der Waals surface area contributed by atoms with Crippen molar-refractivity contribution in [3.05, 3.63) is 59.8 Å². The van der Waals surface area contributed by atoms with Crippen molar-refractivity contribution in [3.63, 3.8) is 0 Å². The molecule has 4 N–H and O–H groups in total. The van der Waals surface area contributed by atoms with E-state index < -0.39 is 6.41 Å². The van der Waals surface area contributed by atoms with Gasteiger partial charge in [0.1, 0.15) is 0 Å². The van der Waals surface area contributed by atoms with Crippen molar-refractivity contribution in [1.29, 1.82) is 0 Å². The third-order valence-electron chi connectivity index (χ3n) is 6.99. The summed E-state index contributed by atoms with van der Waals surface area (Å²) >= 11 is 0. The third kappa shape index (κ3) is 6.16. The van der Waals surface area contributed by atoms with E-state index in [1.807, 2.05) is 54.4 Å². The van der Waals surface area contributed by atoms with Crippen LogP contribution < -0.4 is 16.0 Å². The van der Waals surface area contributed by atoms with Crippen LogP contribution in [0.5, 0.6) is 0 Å². The predicted molar refractivity (Wildman–Crippen MR) is 142 cm³/mol. The van der Waals surface area contributed by atoms with Gasteiger partial charge < -0.3 is 25.8 Å². The number of pyridine rings is 1. The summed E-state index contributed by atoms with van der Waals surface area (Å²) in [6.45, 7) is 6.41. The highest BCUT2D eigenvalue weighted by atomic mass is 16.6. The number of piperidine rings is 1. The molecule has 4 heterocycles. The quantitative estimate of drug-likeness (QED) is 0.328. The molecular formula is C27H35N7O3. The van der Waals surface area contributed by atoms with E-state index in [0.717, 1.165) is 55.8 Å². The number of benzene rings is 1. The van der Waals surface area contributed by atoms with Gasteiger partial charge in [-0.2, -0.15) is 4.98 Å². The fourth-order valence-corrected chi connectivity index (χ4v) is 4.85. The molecule has 1 atom stereocenters. The monoisotopic (exact) mass is 505 g/mol. The van der Waals surface area contributed by atoms with Gasteiger partial charge in [-0.25, -0.2) is 4.52 Å². The number of anilines is 2. The second-order valence-corrected chi connectivity index (χ2v) is 9.49. The van der Waals surface area contributed by atoms with Crippen LogP contribution in [0.1, 0.15) is 42.1 Å². The molecule has 2 aliphatic rings.